The molecule has 1 saturated heterocycles. The van der Waals surface area contributed by atoms with E-state index in [9.17, 15) is 14.3 Å². The normalized spacial score (nSPS) is 19.0. The van der Waals surface area contributed by atoms with Gasteiger partial charge in [-0.2, -0.15) is 0 Å². The van der Waals surface area contributed by atoms with Gasteiger partial charge < -0.3 is 10.2 Å². The number of carboxylic acid groups (broad SMARTS) is 1. The van der Waals surface area contributed by atoms with Crippen molar-refractivity contribution in [3.63, 3.8) is 0 Å². The second-order valence-corrected chi connectivity index (χ2v) is 5.84. The van der Waals surface area contributed by atoms with Gasteiger partial charge in [0, 0.05) is 25.7 Å². The van der Waals surface area contributed by atoms with Gasteiger partial charge in [-0.25, -0.2) is 9.18 Å². The third-order valence-electron chi connectivity index (χ3n) is 3.74. The minimum Gasteiger partial charge on any atom is -0.478 e. The summed E-state index contributed by atoms with van der Waals surface area (Å²) >= 11 is 0. The Morgan fingerprint density at radius 2 is 2.05 bits per heavy atom. The summed E-state index contributed by atoms with van der Waals surface area (Å²) in [5.41, 5.74) is 0.742. The summed E-state index contributed by atoms with van der Waals surface area (Å²) < 4.78 is 13.6. The highest BCUT2D eigenvalue weighted by atomic mass is 19.1. The molecule has 21 heavy (non-hydrogen) atoms. The van der Waals surface area contributed by atoms with Gasteiger partial charge in [-0.15, -0.1) is 0 Å². The van der Waals surface area contributed by atoms with Gasteiger partial charge in [0.15, 0.2) is 0 Å². The van der Waals surface area contributed by atoms with Crippen LogP contribution < -0.4 is 0 Å². The quantitative estimate of drug-likeness (QED) is 0.836. The largest absolute Gasteiger partial charge is 0.478 e. The van der Waals surface area contributed by atoms with Crippen molar-refractivity contribution < 1.29 is 19.4 Å². The van der Waals surface area contributed by atoms with Crippen LogP contribution >= 0.6 is 0 Å². The molecule has 0 unspecified atom stereocenters. The van der Waals surface area contributed by atoms with Gasteiger partial charge in [0.1, 0.15) is 5.82 Å². The van der Waals surface area contributed by atoms with E-state index in [4.69, 9.17) is 5.11 Å². The van der Waals surface area contributed by atoms with Crippen molar-refractivity contribution in [2.75, 3.05) is 13.1 Å². The zero-order valence-corrected chi connectivity index (χ0v) is 12.1. The molecule has 1 fully saturated rings. The SMILES string of the molecule is CC1(O)CCN(Cc2cc(F)cc(/C=C/C(=O)O)c2)CC1. The van der Waals surface area contributed by atoms with Crippen molar-refractivity contribution in [1.82, 2.24) is 4.90 Å². The lowest BCUT2D eigenvalue weighted by molar-refractivity contribution is -0.131. The smallest absolute Gasteiger partial charge is 0.328 e. The Hall–Kier alpha value is -1.72. The number of halogens is 1. The number of piperidine rings is 1. The number of hydrogen-bond acceptors (Lipinski definition) is 3. The maximum Gasteiger partial charge on any atom is 0.328 e. The van der Waals surface area contributed by atoms with Crippen LogP contribution in [0.5, 0.6) is 0 Å². The van der Waals surface area contributed by atoms with Crippen LogP contribution in [-0.4, -0.2) is 39.8 Å². The van der Waals surface area contributed by atoms with Gasteiger partial charge >= 0.3 is 5.97 Å². The molecule has 2 N–H and O–H groups in total. The van der Waals surface area contributed by atoms with Crippen molar-refractivity contribution >= 4 is 12.0 Å². The molecule has 0 aliphatic carbocycles. The number of carbonyl (C=O) groups is 1. The van der Waals surface area contributed by atoms with Crippen LogP contribution in [0.1, 0.15) is 30.9 Å². The first kappa shape index (κ1) is 15.7. The predicted octanol–water partition coefficient (Wildman–Crippen LogP) is 2.27. The van der Waals surface area contributed by atoms with Crippen molar-refractivity contribution in [2.24, 2.45) is 0 Å². The summed E-state index contributed by atoms with van der Waals surface area (Å²) in [7, 11) is 0. The molecule has 1 aliphatic heterocycles. The molecular formula is C16H20FNO3. The molecule has 0 atom stereocenters. The summed E-state index contributed by atoms with van der Waals surface area (Å²) in [5, 5.41) is 18.5. The van der Waals surface area contributed by atoms with E-state index in [1.165, 1.54) is 18.2 Å². The first-order valence-corrected chi connectivity index (χ1v) is 6.99. The second-order valence-electron chi connectivity index (χ2n) is 5.84. The molecule has 0 saturated carbocycles. The van der Waals surface area contributed by atoms with Crippen LogP contribution in [0.15, 0.2) is 24.3 Å². The maximum atomic E-state index is 13.6. The van der Waals surface area contributed by atoms with Crippen LogP contribution in [0.2, 0.25) is 0 Å². The van der Waals surface area contributed by atoms with E-state index in [2.05, 4.69) is 4.90 Å². The van der Waals surface area contributed by atoms with Crippen LogP contribution in [0.3, 0.4) is 0 Å². The number of aliphatic carboxylic acids is 1. The molecule has 0 aromatic heterocycles. The topological polar surface area (TPSA) is 60.8 Å². The summed E-state index contributed by atoms with van der Waals surface area (Å²) in [6, 6.07) is 4.56. The van der Waals surface area contributed by atoms with Crippen LogP contribution in [0.4, 0.5) is 4.39 Å². The van der Waals surface area contributed by atoms with Gasteiger partial charge in [0.25, 0.3) is 0 Å². The van der Waals surface area contributed by atoms with Gasteiger partial charge in [0.05, 0.1) is 5.60 Å². The Balaban J connectivity index is 2.05. The molecule has 2 rings (SSSR count). The molecule has 114 valence electrons. The van der Waals surface area contributed by atoms with Crippen molar-refractivity contribution in [1.29, 1.82) is 0 Å². The lowest BCUT2D eigenvalue weighted by Crippen LogP contribution is -2.41. The standard InChI is InChI=1S/C16H20FNO3/c1-16(21)4-6-18(7-5-16)11-13-8-12(2-3-15(19)20)9-14(17)10-13/h2-3,8-10,21H,4-7,11H2,1H3,(H,19,20)/b3-2+. The zero-order valence-electron chi connectivity index (χ0n) is 12.1. The molecule has 1 aromatic carbocycles. The first-order valence-electron chi connectivity index (χ1n) is 6.99. The highest BCUT2D eigenvalue weighted by Crippen LogP contribution is 2.23. The molecule has 0 radical (unpaired) electrons. The number of benzene rings is 1. The lowest BCUT2D eigenvalue weighted by Gasteiger charge is -2.35. The predicted molar refractivity (Wildman–Crippen MR) is 78.2 cm³/mol. The fourth-order valence-electron chi connectivity index (χ4n) is 2.48. The first-order chi connectivity index (χ1) is 9.84. The van der Waals surface area contributed by atoms with Gasteiger partial charge in [-0.05, 0) is 49.1 Å². The van der Waals surface area contributed by atoms with Crippen molar-refractivity contribution in [2.45, 2.75) is 31.9 Å². The zero-order chi connectivity index (χ0) is 15.5. The third-order valence-corrected chi connectivity index (χ3v) is 3.74. The molecule has 1 aliphatic rings. The van der Waals surface area contributed by atoms with E-state index in [1.807, 2.05) is 6.92 Å². The van der Waals surface area contributed by atoms with Crippen LogP contribution in [0.25, 0.3) is 6.08 Å². The molecule has 0 bridgehead atoms. The van der Waals surface area contributed by atoms with Crippen LogP contribution in [-0.2, 0) is 11.3 Å². The monoisotopic (exact) mass is 293 g/mol. The Morgan fingerprint density at radius 1 is 1.38 bits per heavy atom. The molecular weight excluding hydrogens is 273 g/mol. The highest BCUT2D eigenvalue weighted by Gasteiger charge is 2.27. The number of hydrogen-bond donors (Lipinski definition) is 2. The molecule has 0 spiro atoms. The number of rotatable bonds is 4. The number of nitrogens with zero attached hydrogens (tertiary/aromatic N) is 1. The van der Waals surface area contributed by atoms with Crippen molar-refractivity contribution in [3.8, 4) is 0 Å². The highest BCUT2D eigenvalue weighted by molar-refractivity contribution is 5.85. The van der Waals surface area contributed by atoms with Gasteiger partial charge in [-0.1, -0.05) is 6.07 Å². The average Bonchev–Trinajstić information content (AvgIpc) is 2.38. The summed E-state index contributed by atoms with van der Waals surface area (Å²) in [6.07, 6.45) is 3.79. The van der Waals surface area contributed by atoms with Gasteiger partial charge in [0.2, 0.25) is 0 Å². The minimum atomic E-state index is -1.06. The molecule has 4 nitrogen and oxygen atoms in total. The minimum absolute atomic E-state index is 0.374. The van der Waals surface area contributed by atoms with E-state index in [0.717, 1.165) is 24.7 Å². The second kappa shape index (κ2) is 6.37. The van der Waals surface area contributed by atoms with Crippen molar-refractivity contribution in [3.05, 3.63) is 41.2 Å². The fraction of sp³-hybridized carbons (Fsp3) is 0.438. The lowest BCUT2D eigenvalue weighted by atomic mass is 9.93. The molecule has 5 heteroatoms. The molecule has 1 aromatic rings. The van der Waals surface area contributed by atoms with Crippen LogP contribution in [0, 0.1) is 5.82 Å². The van der Waals surface area contributed by atoms with E-state index >= 15 is 0 Å². The number of aliphatic hydroxyl groups is 1. The average molecular weight is 293 g/mol. The third kappa shape index (κ3) is 4.95. The van der Waals surface area contributed by atoms with E-state index in [-0.39, 0.29) is 5.82 Å². The maximum absolute atomic E-state index is 13.6. The molecule has 1 heterocycles. The fourth-order valence-corrected chi connectivity index (χ4v) is 2.48. The van der Waals surface area contributed by atoms with E-state index < -0.39 is 11.6 Å². The Labute approximate surface area is 123 Å². The van der Waals surface area contributed by atoms with E-state index in [1.54, 1.807) is 6.07 Å². The Bertz CT molecular complexity index is 544. The van der Waals surface area contributed by atoms with Gasteiger partial charge in [-0.3, -0.25) is 4.90 Å². The summed E-state index contributed by atoms with van der Waals surface area (Å²) in [6.45, 7) is 3.97. The molecule has 0 amide bonds. The summed E-state index contributed by atoms with van der Waals surface area (Å²) in [4.78, 5) is 12.7. The summed E-state index contributed by atoms with van der Waals surface area (Å²) in [5.74, 6) is -1.43. The number of carboxylic acids is 1. The Morgan fingerprint density at radius 3 is 2.67 bits per heavy atom. The van der Waals surface area contributed by atoms with E-state index in [0.29, 0.717) is 24.9 Å². The Kier molecular flexibility index (Phi) is 4.75. The number of likely N-dealkylation sites (tertiary alicyclic amines) is 1.